The molecule has 148 valence electrons. The first-order chi connectivity index (χ1) is 13.7. The van der Waals surface area contributed by atoms with E-state index < -0.39 is 0 Å². The molecule has 28 heavy (non-hydrogen) atoms. The Morgan fingerprint density at radius 2 is 1.50 bits per heavy atom. The number of hydrogen-bond donors (Lipinski definition) is 1. The van der Waals surface area contributed by atoms with Gasteiger partial charge in [0.2, 0.25) is 11.9 Å². The Balaban J connectivity index is 1.24. The van der Waals surface area contributed by atoms with Crippen molar-refractivity contribution in [2.24, 2.45) is 0 Å². The summed E-state index contributed by atoms with van der Waals surface area (Å²) in [6, 6.07) is 9.22. The fourth-order valence-electron chi connectivity index (χ4n) is 3.78. The number of carbonyl (C=O) groups is 1. The zero-order valence-corrected chi connectivity index (χ0v) is 15.9. The SMILES string of the molecule is O=C(CN1CCN(c2ccccc2O)CC1)N1CCN(c2ncccn2)CC1. The molecule has 0 saturated carbocycles. The Morgan fingerprint density at radius 3 is 2.18 bits per heavy atom. The highest BCUT2D eigenvalue weighted by Gasteiger charge is 2.26. The Labute approximate surface area is 165 Å². The maximum absolute atomic E-state index is 12.7. The number of amides is 1. The minimum absolute atomic E-state index is 0.185. The van der Waals surface area contributed by atoms with Crippen LogP contribution in [0.3, 0.4) is 0 Å². The quantitative estimate of drug-likeness (QED) is 0.832. The zero-order chi connectivity index (χ0) is 19.3. The van der Waals surface area contributed by atoms with E-state index in [4.69, 9.17) is 0 Å². The molecule has 0 spiro atoms. The van der Waals surface area contributed by atoms with Gasteiger partial charge >= 0.3 is 0 Å². The summed E-state index contributed by atoms with van der Waals surface area (Å²) in [5.74, 6) is 1.23. The van der Waals surface area contributed by atoms with Crippen LogP contribution < -0.4 is 9.80 Å². The molecule has 0 bridgehead atoms. The molecule has 1 aromatic heterocycles. The Hall–Kier alpha value is -2.87. The normalized spacial score (nSPS) is 18.4. The second kappa shape index (κ2) is 8.43. The summed E-state index contributed by atoms with van der Waals surface area (Å²) in [5, 5.41) is 10.0. The van der Waals surface area contributed by atoms with Crippen LogP contribution >= 0.6 is 0 Å². The number of aromatic hydroxyl groups is 1. The summed E-state index contributed by atoms with van der Waals surface area (Å²) in [4.78, 5) is 29.7. The van der Waals surface area contributed by atoms with E-state index in [9.17, 15) is 9.90 Å². The average Bonchev–Trinajstić information content (AvgIpc) is 2.75. The van der Waals surface area contributed by atoms with Crippen molar-refractivity contribution in [2.45, 2.75) is 0 Å². The summed E-state index contributed by atoms with van der Waals surface area (Å²) < 4.78 is 0. The first kappa shape index (κ1) is 18.5. The van der Waals surface area contributed by atoms with Crippen molar-refractivity contribution < 1.29 is 9.90 Å². The van der Waals surface area contributed by atoms with Crippen molar-refractivity contribution in [3.05, 3.63) is 42.7 Å². The predicted octanol–water partition coefficient (Wildman–Crippen LogP) is 0.653. The van der Waals surface area contributed by atoms with Gasteiger partial charge in [0.05, 0.1) is 12.2 Å². The van der Waals surface area contributed by atoms with Gasteiger partial charge in [0.15, 0.2) is 0 Å². The van der Waals surface area contributed by atoms with Crippen molar-refractivity contribution in [2.75, 3.05) is 68.7 Å². The number of carbonyl (C=O) groups excluding carboxylic acids is 1. The van der Waals surface area contributed by atoms with Crippen LogP contribution in [-0.2, 0) is 4.79 Å². The fraction of sp³-hybridized carbons (Fsp3) is 0.450. The summed E-state index contributed by atoms with van der Waals surface area (Å²) in [6.45, 7) is 6.64. The van der Waals surface area contributed by atoms with E-state index in [0.29, 0.717) is 25.4 Å². The van der Waals surface area contributed by atoms with Crippen LogP contribution in [0, 0.1) is 0 Å². The monoisotopic (exact) mass is 382 g/mol. The molecule has 8 heteroatoms. The number of hydrogen-bond acceptors (Lipinski definition) is 7. The molecule has 8 nitrogen and oxygen atoms in total. The van der Waals surface area contributed by atoms with Gasteiger partial charge in [-0.05, 0) is 18.2 Å². The number of rotatable bonds is 4. The van der Waals surface area contributed by atoms with Crippen LogP contribution in [-0.4, -0.2) is 89.7 Å². The van der Waals surface area contributed by atoms with Gasteiger partial charge in [0.1, 0.15) is 5.75 Å². The van der Waals surface area contributed by atoms with Crippen molar-refractivity contribution >= 4 is 17.5 Å². The molecule has 3 heterocycles. The van der Waals surface area contributed by atoms with E-state index >= 15 is 0 Å². The number of anilines is 2. The Kier molecular flexibility index (Phi) is 5.57. The second-order valence-corrected chi connectivity index (χ2v) is 7.17. The van der Waals surface area contributed by atoms with E-state index in [-0.39, 0.29) is 5.91 Å². The maximum Gasteiger partial charge on any atom is 0.236 e. The van der Waals surface area contributed by atoms with Crippen molar-refractivity contribution in [1.82, 2.24) is 19.8 Å². The Morgan fingerprint density at radius 1 is 0.857 bits per heavy atom. The minimum atomic E-state index is 0.185. The molecule has 1 amide bonds. The Bertz CT molecular complexity index is 786. The summed E-state index contributed by atoms with van der Waals surface area (Å²) >= 11 is 0. The lowest BCUT2D eigenvalue weighted by Gasteiger charge is -2.38. The van der Waals surface area contributed by atoms with Crippen LogP contribution in [0.25, 0.3) is 0 Å². The topological polar surface area (TPSA) is 76.0 Å². The summed E-state index contributed by atoms with van der Waals surface area (Å²) in [6.07, 6.45) is 3.49. The molecule has 2 aliphatic rings. The van der Waals surface area contributed by atoms with Crippen LogP contribution in [0.4, 0.5) is 11.6 Å². The van der Waals surface area contributed by atoms with E-state index in [0.717, 1.165) is 50.9 Å². The third-order valence-corrected chi connectivity index (χ3v) is 5.42. The number of aromatic nitrogens is 2. The van der Waals surface area contributed by atoms with Crippen LogP contribution in [0.1, 0.15) is 0 Å². The molecule has 2 saturated heterocycles. The molecule has 1 N–H and O–H groups in total. The summed E-state index contributed by atoms with van der Waals surface area (Å²) in [7, 11) is 0. The van der Waals surface area contributed by atoms with Crippen molar-refractivity contribution in [3.8, 4) is 5.75 Å². The molecule has 4 rings (SSSR count). The molecule has 2 fully saturated rings. The van der Waals surface area contributed by atoms with Gasteiger partial charge < -0.3 is 19.8 Å². The van der Waals surface area contributed by atoms with Crippen molar-refractivity contribution in [1.29, 1.82) is 0 Å². The average molecular weight is 382 g/mol. The van der Waals surface area contributed by atoms with Gasteiger partial charge in [0, 0.05) is 64.8 Å². The molecular weight excluding hydrogens is 356 g/mol. The number of phenols is 1. The van der Waals surface area contributed by atoms with Gasteiger partial charge in [-0.3, -0.25) is 9.69 Å². The highest BCUT2D eigenvalue weighted by Crippen LogP contribution is 2.27. The smallest absolute Gasteiger partial charge is 0.236 e. The van der Waals surface area contributed by atoms with Gasteiger partial charge in [0.25, 0.3) is 0 Å². The number of piperazine rings is 2. The van der Waals surface area contributed by atoms with Gasteiger partial charge in [-0.1, -0.05) is 12.1 Å². The molecule has 1 aromatic carbocycles. The highest BCUT2D eigenvalue weighted by molar-refractivity contribution is 5.78. The third-order valence-electron chi connectivity index (χ3n) is 5.42. The lowest BCUT2D eigenvalue weighted by atomic mass is 10.2. The molecule has 0 aliphatic carbocycles. The standard InChI is InChI=1S/C20H26N6O2/c27-18-5-2-1-4-17(18)24-10-8-23(9-11-24)16-19(28)25-12-14-26(15-13-25)20-21-6-3-7-22-20/h1-7,27H,8-16H2. The first-order valence-corrected chi connectivity index (χ1v) is 9.76. The van der Waals surface area contributed by atoms with Gasteiger partial charge in [-0.25, -0.2) is 9.97 Å². The zero-order valence-electron chi connectivity index (χ0n) is 15.9. The largest absolute Gasteiger partial charge is 0.506 e. The van der Waals surface area contributed by atoms with E-state index in [1.165, 1.54) is 0 Å². The number of phenolic OH excluding ortho intramolecular Hbond substituents is 1. The molecule has 0 unspecified atom stereocenters. The van der Waals surface area contributed by atoms with E-state index in [1.807, 2.05) is 29.2 Å². The molecule has 2 aliphatic heterocycles. The maximum atomic E-state index is 12.7. The second-order valence-electron chi connectivity index (χ2n) is 7.17. The van der Waals surface area contributed by atoms with Gasteiger partial charge in [-0.15, -0.1) is 0 Å². The fourth-order valence-corrected chi connectivity index (χ4v) is 3.78. The van der Waals surface area contributed by atoms with Crippen molar-refractivity contribution in [3.63, 3.8) is 0 Å². The first-order valence-electron chi connectivity index (χ1n) is 9.76. The number of benzene rings is 1. The van der Waals surface area contributed by atoms with E-state index in [2.05, 4.69) is 24.7 Å². The van der Waals surface area contributed by atoms with Crippen LogP contribution in [0.2, 0.25) is 0 Å². The van der Waals surface area contributed by atoms with E-state index in [1.54, 1.807) is 18.5 Å². The number of nitrogens with zero attached hydrogens (tertiary/aromatic N) is 6. The molecule has 0 radical (unpaired) electrons. The summed E-state index contributed by atoms with van der Waals surface area (Å²) in [5.41, 5.74) is 0.868. The molecular formula is C20H26N6O2. The lowest BCUT2D eigenvalue weighted by Crippen LogP contribution is -2.54. The molecule has 2 aromatic rings. The highest BCUT2D eigenvalue weighted by atomic mass is 16.3. The van der Waals surface area contributed by atoms with Crippen LogP contribution in [0.5, 0.6) is 5.75 Å². The van der Waals surface area contributed by atoms with Gasteiger partial charge in [-0.2, -0.15) is 0 Å². The predicted molar refractivity (Wildman–Crippen MR) is 108 cm³/mol. The molecule has 0 atom stereocenters. The minimum Gasteiger partial charge on any atom is -0.506 e. The van der Waals surface area contributed by atoms with Crippen LogP contribution in [0.15, 0.2) is 42.7 Å². The lowest BCUT2D eigenvalue weighted by molar-refractivity contribution is -0.132. The number of para-hydroxylation sites is 2. The third kappa shape index (κ3) is 4.17.